The molecule has 0 saturated carbocycles. The zero-order valence-electron chi connectivity index (χ0n) is 16.8. The fraction of sp³-hybridized carbons (Fsp3) is 0.120. The second kappa shape index (κ2) is 7.76. The van der Waals surface area contributed by atoms with Gasteiger partial charge in [-0.25, -0.2) is 5.43 Å². The van der Waals surface area contributed by atoms with Gasteiger partial charge in [-0.1, -0.05) is 72.3 Å². The Morgan fingerprint density at radius 2 is 1.62 bits per heavy atom. The van der Waals surface area contributed by atoms with Crippen LogP contribution in [0.2, 0.25) is 0 Å². The molecule has 1 N–H and O–H groups in total. The van der Waals surface area contributed by atoms with E-state index in [0.29, 0.717) is 5.69 Å². The van der Waals surface area contributed by atoms with Gasteiger partial charge >= 0.3 is 0 Å². The molecule has 29 heavy (non-hydrogen) atoms. The van der Waals surface area contributed by atoms with Crippen LogP contribution >= 0.6 is 0 Å². The summed E-state index contributed by atoms with van der Waals surface area (Å²) in [5.41, 5.74) is 9.36. The summed E-state index contributed by atoms with van der Waals surface area (Å²) in [7, 11) is 1.89. The quantitative estimate of drug-likeness (QED) is 0.393. The maximum absolute atomic E-state index is 12.9. The van der Waals surface area contributed by atoms with E-state index in [2.05, 4.69) is 42.6 Å². The van der Waals surface area contributed by atoms with Crippen molar-refractivity contribution < 1.29 is 4.79 Å². The Labute approximate surface area is 170 Å². The molecular formula is C25H23N3O. The molecule has 144 valence electrons. The van der Waals surface area contributed by atoms with Crippen LogP contribution in [0.1, 0.15) is 32.7 Å². The molecule has 0 spiro atoms. The molecule has 0 atom stereocenters. The van der Waals surface area contributed by atoms with E-state index in [1.165, 1.54) is 5.56 Å². The molecule has 0 radical (unpaired) electrons. The van der Waals surface area contributed by atoms with E-state index in [1.54, 1.807) is 0 Å². The summed E-state index contributed by atoms with van der Waals surface area (Å²) < 4.78 is 1.89. The lowest BCUT2D eigenvalue weighted by Gasteiger charge is -2.12. The number of aromatic nitrogens is 1. The Bertz CT molecular complexity index is 1220. The van der Waals surface area contributed by atoms with E-state index in [-0.39, 0.29) is 5.91 Å². The van der Waals surface area contributed by atoms with Crippen molar-refractivity contribution in [1.29, 1.82) is 0 Å². The molecule has 3 aromatic carbocycles. The van der Waals surface area contributed by atoms with Gasteiger partial charge in [-0.15, -0.1) is 0 Å². The van der Waals surface area contributed by atoms with Crippen LogP contribution in [0.3, 0.4) is 0 Å². The molecule has 0 aliphatic carbocycles. The molecule has 0 saturated heterocycles. The van der Waals surface area contributed by atoms with Gasteiger partial charge in [0, 0.05) is 29.1 Å². The summed E-state index contributed by atoms with van der Waals surface area (Å²) in [6, 6.07) is 26.0. The van der Waals surface area contributed by atoms with Crippen LogP contribution in [0.5, 0.6) is 0 Å². The van der Waals surface area contributed by atoms with E-state index in [1.807, 2.05) is 72.3 Å². The van der Waals surface area contributed by atoms with Crippen LogP contribution in [-0.2, 0) is 7.05 Å². The number of nitrogens with one attached hydrogen (secondary N) is 1. The molecule has 1 heterocycles. The first kappa shape index (κ1) is 18.7. The molecule has 0 unspecified atom stereocenters. The van der Waals surface area contributed by atoms with Gasteiger partial charge in [0.05, 0.1) is 5.71 Å². The first-order valence-electron chi connectivity index (χ1n) is 9.60. The van der Waals surface area contributed by atoms with Crippen molar-refractivity contribution in [3.63, 3.8) is 0 Å². The van der Waals surface area contributed by atoms with Crippen molar-refractivity contribution in [2.24, 2.45) is 12.1 Å². The number of carbonyl (C=O) groups is 1. The van der Waals surface area contributed by atoms with Crippen molar-refractivity contribution in [2.75, 3.05) is 0 Å². The van der Waals surface area contributed by atoms with E-state index < -0.39 is 0 Å². The lowest BCUT2D eigenvalue weighted by Crippen LogP contribution is -2.23. The number of hydrogen-bond donors (Lipinski definition) is 1. The van der Waals surface area contributed by atoms with Crippen molar-refractivity contribution >= 4 is 22.5 Å². The highest BCUT2D eigenvalue weighted by molar-refractivity contribution is 6.14. The van der Waals surface area contributed by atoms with E-state index >= 15 is 0 Å². The molecule has 4 aromatic rings. The third kappa shape index (κ3) is 3.69. The number of benzene rings is 3. The number of amides is 1. The van der Waals surface area contributed by atoms with Gasteiger partial charge < -0.3 is 4.57 Å². The highest BCUT2D eigenvalue weighted by Gasteiger charge is 2.15. The third-order valence-corrected chi connectivity index (χ3v) is 5.14. The Hall–Kier alpha value is -3.66. The Morgan fingerprint density at radius 1 is 0.897 bits per heavy atom. The second-order valence-corrected chi connectivity index (χ2v) is 7.23. The lowest BCUT2D eigenvalue weighted by molar-refractivity contribution is 0.0947. The van der Waals surface area contributed by atoms with Crippen molar-refractivity contribution in [3.8, 4) is 0 Å². The summed E-state index contributed by atoms with van der Waals surface area (Å²) in [5, 5.41) is 5.58. The van der Waals surface area contributed by atoms with E-state index in [9.17, 15) is 4.79 Å². The smallest absolute Gasteiger partial charge is 0.288 e. The van der Waals surface area contributed by atoms with E-state index in [4.69, 9.17) is 0 Å². The fourth-order valence-electron chi connectivity index (χ4n) is 3.63. The minimum Gasteiger partial charge on any atom is -0.340 e. The molecule has 0 aliphatic heterocycles. The minimum absolute atomic E-state index is 0.234. The van der Waals surface area contributed by atoms with Crippen LogP contribution in [0, 0.1) is 13.8 Å². The number of fused-ring (bicyclic) bond motifs is 1. The zero-order chi connectivity index (χ0) is 20.4. The summed E-state index contributed by atoms with van der Waals surface area (Å²) >= 11 is 0. The summed E-state index contributed by atoms with van der Waals surface area (Å²) in [4.78, 5) is 12.9. The summed E-state index contributed by atoms with van der Waals surface area (Å²) in [6.45, 7) is 4.13. The monoisotopic (exact) mass is 381 g/mol. The number of para-hydroxylation sites is 1. The molecule has 4 nitrogen and oxygen atoms in total. The van der Waals surface area contributed by atoms with Crippen LogP contribution in [-0.4, -0.2) is 16.2 Å². The topological polar surface area (TPSA) is 46.4 Å². The van der Waals surface area contributed by atoms with Gasteiger partial charge in [0.15, 0.2) is 0 Å². The maximum atomic E-state index is 12.9. The average Bonchev–Trinajstić information content (AvgIpc) is 3.07. The highest BCUT2D eigenvalue weighted by atomic mass is 16.2. The third-order valence-electron chi connectivity index (χ3n) is 5.14. The molecule has 1 aromatic heterocycles. The van der Waals surface area contributed by atoms with Gasteiger partial charge in [0.2, 0.25) is 0 Å². The molecular weight excluding hydrogens is 358 g/mol. The average molecular weight is 381 g/mol. The molecule has 0 aliphatic rings. The van der Waals surface area contributed by atoms with Gasteiger partial charge in [-0.3, -0.25) is 4.79 Å². The molecule has 1 amide bonds. The first-order valence-corrected chi connectivity index (χ1v) is 9.60. The number of aryl methyl sites for hydroxylation is 3. The van der Waals surface area contributed by atoms with Crippen LogP contribution in [0.15, 0.2) is 84.0 Å². The van der Waals surface area contributed by atoms with Crippen LogP contribution in [0.4, 0.5) is 0 Å². The number of hydrogen-bond acceptors (Lipinski definition) is 2. The number of nitrogens with zero attached hydrogens (tertiary/aromatic N) is 2. The fourth-order valence-corrected chi connectivity index (χ4v) is 3.63. The SMILES string of the molecule is Cc1ccc(/C(=N\NC(=O)c2cc3ccccc3n2C)c2ccccc2)c(C)c1. The molecule has 0 bridgehead atoms. The van der Waals surface area contributed by atoms with Crippen molar-refractivity contribution in [2.45, 2.75) is 13.8 Å². The minimum atomic E-state index is -0.234. The van der Waals surface area contributed by atoms with Gasteiger partial charge in [0.1, 0.15) is 5.69 Å². The Morgan fingerprint density at radius 3 is 2.34 bits per heavy atom. The predicted octanol–water partition coefficient (Wildman–Crippen LogP) is 4.98. The maximum Gasteiger partial charge on any atom is 0.288 e. The lowest BCUT2D eigenvalue weighted by atomic mass is 9.97. The summed E-state index contributed by atoms with van der Waals surface area (Å²) in [5.74, 6) is -0.234. The number of carbonyl (C=O) groups excluding carboxylic acids is 1. The Balaban J connectivity index is 1.73. The summed E-state index contributed by atoms with van der Waals surface area (Å²) in [6.07, 6.45) is 0. The van der Waals surface area contributed by atoms with Gasteiger partial charge in [0.25, 0.3) is 5.91 Å². The predicted molar refractivity (Wildman–Crippen MR) is 118 cm³/mol. The number of hydrazone groups is 1. The van der Waals surface area contributed by atoms with Crippen LogP contribution < -0.4 is 5.43 Å². The molecule has 4 heteroatoms. The first-order chi connectivity index (χ1) is 14.0. The van der Waals surface area contributed by atoms with Gasteiger partial charge in [-0.05, 0) is 31.5 Å². The van der Waals surface area contributed by atoms with Crippen molar-refractivity contribution in [3.05, 3.63) is 107 Å². The zero-order valence-corrected chi connectivity index (χ0v) is 16.8. The van der Waals surface area contributed by atoms with Crippen molar-refractivity contribution in [1.82, 2.24) is 9.99 Å². The number of rotatable bonds is 4. The van der Waals surface area contributed by atoms with Crippen LogP contribution in [0.25, 0.3) is 10.9 Å². The second-order valence-electron chi connectivity index (χ2n) is 7.23. The van der Waals surface area contributed by atoms with E-state index in [0.717, 1.165) is 33.3 Å². The molecule has 4 rings (SSSR count). The largest absolute Gasteiger partial charge is 0.340 e. The highest BCUT2D eigenvalue weighted by Crippen LogP contribution is 2.19. The normalized spacial score (nSPS) is 11.6. The molecule has 0 fully saturated rings. The standard InChI is InChI=1S/C25H23N3O/c1-17-13-14-21(18(2)15-17)24(19-9-5-4-6-10-19)26-27-25(29)23-16-20-11-7-8-12-22(20)28(23)3/h4-16H,1-3H3,(H,27,29)/b26-24-. The van der Waals surface area contributed by atoms with Gasteiger partial charge in [-0.2, -0.15) is 5.10 Å². The Kier molecular flexibility index (Phi) is 5.00.